The number of halogens is 1. The van der Waals surface area contributed by atoms with Crippen LogP contribution in [0.2, 0.25) is 5.02 Å². The van der Waals surface area contributed by atoms with E-state index in [9.17, 15) is 15.0 Å². The Labute approximate surface area is 117 Å². The van der Waals surface area contributed by atoms with Crippen molar-refractivity contribution in [2.24, 2.45) is 5.92 Å². The van der Waals surface area contributed by atoms with Crippen molar-refractivity contribution in [3.8, 4) is 5.75 Å². The van der Waals surface area contributed by atoms with Gasteiger partial charge in [-0.2, -0.15) is 0 Å². The van der Waals surface area contributed by atoms with E-state index in [4.69, 9.17) is 11.6 Å². The Hall–Kier alpha value is -1.26. The second kappa shape index (κ2) is 6.26. The van der Waals surface area contributed by atoms with E-state index in [1.165, 1.54) is 12.1 Å². The fourth-order valence-electron chi connectivity index (χ4n) is 2.34. The van der Waals surface area contributed by atoms with Gasteiger partial charge in [0, 0.05) is 12.1 Å². The SMILES string of the molecule is O=C(NCC1CCC(O)CC1)c1ccc(O)c(Cl)c1. The molecule has 1 aromatic carbocycles. The first kappa shape index (κ1) is 14.2. The van der Waals surface area contributed by atoms with E-state index < -0.39 is 0 Å². The summed E-state index contributed by atoms with van der Waals surface area (Å²) in [6, 6.07) is 4.41. The molecule has 1 aliphatic carbocycles. The molecule has 19 heavy (non-hydrogen) atoms. The number of amides is 1. The van der Waals surface area contributed by atoms with Crippen molar-refractivity contribution in [1.82, 2.24) is 5.32 Å². The summed E-state index contributed by atoms with van der Waals surface area (Å²) in [6.07, 6.45) is 3.33. The molecule has 0 unspecified atom stereocenters. The molecule has 104 valence electrons. The van der Waals surface area contributed by atoms with Gasteiger partial charge in [0.1, 0.15) is 5.75 Å². The Kier molecular flexibility index (Phi) is 4.66. The minimum Gasteiger partial charge on any atom is -0.506 e. The van der Waals surface area contributed by atoms with Crippen molar-refractivity contribution in [3.05, 3.63) is 28.8 Å². The highest BCUT2D eigenvalue weighted by Gasteiger charge is 2.20. The lowest BCUT2D eigenvalue weighted by molar-refractivity contribution is 0.0910. The van der Waals surface area contributed by atoms with Gasteiger partial charge in [0.25, 0.3) is 5.91 Å². The Morgan fingerprint density at radius 1 is 1.32 bits per heavy atom. The molecular formula is C14H18ClNO3. The third-order valence-electron chi connectivity index (χ3n) is 3.58. The van der Waals surface area contributed by atoms with Gasteiger partial charge in [-0.05, 0) is 49.8 Å². The highest BCUT2D eigenvalue weighted by molar-refractivity contribution is 6.32. The zero-order valence-electron chi connectivity index (χ0n) is 10.6. The van der Waals surface area contributed by atoms with Crippen molar-refractivity contribution in [2.45, 2.75) is 31.8 Å². The molecule has 4 nitrogen and oxygen atoms in total. The summed E-state index contributed by atoms with van der Waals surface area (Å²) in [6.45, 7) is 0.615. The molecule has 1 aromatic rings. The molecular weight excluding hydrogens is 266 g/mol. The summed E-state index contributed by atoms with van der Waals surface area (Å²) < 4.78 is 0. The van der Waals surface area contributed by atoms with E-state index >= 15 is 0 Å². The van der Waals surface area contributed by atoms with Crippen molar-refractivity contribution in [2.75, 3.05) is 6.54 Å². The number of carbonyl (C=O) groups excluding carboxylic acids is 1. The Bertz CT molecular complexity index is 456. The van der Waals surface area contributed by atoms with E-state index in [0.29, 0.717) is 18.0 Å². The van der Waals surface area contributed by atoms with Crippen LogP contribution in [0.1, 0.15) is 36.0 Å². The molecule has 1 amide bonds. The third kappa shape index (κ3) is 3.85. The summed E-state index contributed by atoms with van der Waals surface area (Å²) in [7, 11) is 0. The molecule has 1 saturated carbocycles. The van der Waals surface area contributed by atoms with Crippen LogP contribution in [0.5, 0.6) is 5.75 Å². The van der Waals surface area contributed by atoms with Crippen molar-refractivity contribution < 1.29 is 15.0 Å². The molecule has 3 N–H and O–H groups in total. The van der Waals surface area contributed by atoms with Crippen molar-refractivity contribution in [3.63, 3.8) is 0 Å². The zero-order chi connectivity index (χ0) is 13.8. The number of benzene rings is 1. The van der Waals surface area contributed by atoms with Crippen LogP contribution >= 0.6 is 11.6 Å². The molecule has 0 aliphatic heterocycles. The van der Waals surface area contributed by atoms with Crippen LogP contribution in [0.3, 0.4) is 0 Å². The molecule has 2 rings (SSSR count). The standard InChI is InChI=1S/C14H18ClNO3/c15-12-7-10(3-6-13(12)18)14(19)16-8-9-1-4-11(17)5-2-9/h3,6-7,9,11,17-18H,1-2,4-5,8H2,(H,16,19). The maximum Gasteiger partial charge on any atom is 0.251 e. The highest BCUT2D eigenvalue weighted by atomic mass is 35.5. The maximum absolute atomic E-state index is 11.9. The molecule has 0 bridgehead atoms. The fourth-order valence-corrected chi connectivity index (χ4v) is 2.52. The normalized spacial score (nSPS) is 23.1. The molecule has 1 fully saturated rings. The largest absolute Gasteiger partial charge is 0.506 e. The average Bonchev–Trinajstić information content (AvgIpc) is 2.41. The molecule has 0 atom stereocenters. The second-order valence-corrected chi connectivity index (χ2v) is 5.46. The first-order chi connectivity index (χ1) is 9.06. The monoisotopic (exact) mass is 283 g/mol. The maximum atomic E-state index is 11.9. The van der Waals surface area contributed by atoms with Crippen LogP contribution in [0, 0.1) is 5.92 Å². The highest BCUT2D eigenvalue weighted by Crippen LogP contribution is 2.25. The van der Waals surface area contributed by atoms with Gasteiger partial charge in [0.15, 0.2) is 0 Å². The van der Waals surface area contributed by atoms with E-state index in [0.717, 1.165) is 25.7 Å². The molecule has 0 radical (unpaired) electrons. The third-order valence-corrected chi connectivity index (χ3v) is 3.88. The summed E-state index contributed by atoms with van der Waals surface area (Å²) >= 11 is 5.77. The second-order valence-electron chi connectivity index (χ2n) is 5.05. The predicted octanol–water partition coefficient (Wildman–Crippen LogP) is 2.33. The molecule has 0 aromatic heterocycles. The zero-order valence-corrected chi connectivity index (χ0v) is 11.4. The van der Waals surface area contributed by atoms with E-state index in [-0.39, 0.29) is 22.8 Å². The van der Waals surface area contributed by atoms with Gasteiger partial charge >= 0.3 is 0 Å². The lowest BCUT2D eigenvalue weighted by Gasteiger charge is -2.25. The van der Waals surface area contributed by atoms with Gasteiger partial charge in [-0.15, -0.1) is 0 Å². The van der Waals surface area contributed by atoms with Crippen molar-refractivity contribution in [1.29, 1.82) is 0 Å². The number of aliphatic hydroxyl groups is 1. The number of phenolic OH excluding ortho intramolecular Hbond substituents is 1. The van der Waals surface area contributed by atoms with Crippen LogP contribution in [0.25, 0.3) is 0 Å². The number of aliphatic hydroxyl groups excluding tert-OH is 1. The van der Waals surface area contributed by atoms with Gasteiger partial charge in [0.05, 0.1) is 11.1 Å². The van der Waals surface area contributed by atoms with Gasteiger partial charge in [-0.3, -0.25) is 4.79 Å². The van der Waals surface area contributed by atoms with E-state index in [1.807, 2.05) is 0 Å². The molecule has 5 heteroatoms. The fraction of sp³-hybridized carbons (Fsp3) is 0.500. The first-order valence-corrected chi connectivity index (χ1v) is 6.89. The number of rotatable bonds is 3. The Morgan fingerprint density at radius 2 is 2.00 bits per heavy atom. The number of aromatic hydroxyl groups is 1. The number of phenols is 1. The van der Waals surface area contributed by atoms with Gasteiger partial charge in [-0.25, -0.2) is 0 Å². The van der Waals surface area contributed by atoms with Crippen LogP contribution in [-0.4, -0.2) is 28.8 Å². The number of carbonyl (C=O) groups is 1. The summed E-state index contributed by atoms with van der Waals surface area (Å²) in [4.78, 5) is 11.9. The summed E-state index contributed by atoms with van der Waals surface area (Å²) in [5.74, 6) is 0.215. The Balaban J connectivity index is 1.85. The summed E-state index contributed by atoms with van der Waals surface area (Å²) in [5.41, 5.74) is 0.443. The quantitative estimate of drug-likeness (QED) is 0.797. The van der Waals surface area contributed by atoms with Crippen molar-refractivity contribution >= 4 is 17.5 Å². The van der Waals surface area contributed by atoms with Crippen LogP contribution in [0.15, 0.2) is 18.2 Å². The Morgan fingerprint density at radius 3 is 2.63 bits per heavy atom. The van der Waals surface area contributed by atoms with Crippen LogP contribution in [-0.2, 0) is 0 Å². The van der Waals surface area contributed by atoms with Gasteiger partial charge < -0.3 is 15.5 Å². The molecule has 0 saturated heterocycles. The topological polar surface area (TPSA) is 69.6 Å². The molecule has 1 aliphatic rings. The first-order valence-electron chi connectivity index (χ1n) is 6.51. The van der Waals surface area contributed by atoms with Gasteiger partial charge in [0.2, 0.25) is 0 Å². The smallest absolute Gasteiger partial charge is 0.251 e. The van der Waals surface area contributed by atoms with Crippen LogP contribution in [0.4, 0.5) is 0 Å². The lowest BCUT2D eigenvalue weighted by atomic mass is 9.87. The van der Waals surface area contributed by atoms with Crippen LogP contribution < -0.4 is 5.32 Å². The lowest BCUT2D eigenvalue weighted by Crippen LogP contribution is -2.32. The number of hydrogen-bond acceptors (Lipinski definition) is 3. The minimum atomic E-state index is -0.187. The van der Waals surface area contributed by atoms with E-state index in [2.05, 4.69) is 5.32 Å². The average molecular weight is 284 g/mol. The molecule has 0 spiro atoms. The summed E-state index contributed by atoms with van der Waals surface area (Å²) in [5, 5.41) is 21.8. The minimum absolute atomic E-state index is 0.0283. The number of hydrogen-bond donors (Lipinski definition) is 3. The molecule has 0 heterocycles. The van der Waals surface area contributed by atoms with E-state index in [1.54, 1.807) is 6.07 Å². The van der Waals surface area contributed by atoms with Gasteiger partial charge in [-0.1, -0.05) is 11.6 Å². The predicted molar refractivity (Wildman–Crippen MR) is 73.4 cm³/mol. The number of nitrogens with one attached hydrogen (secondary N) is 1.